The fourth-order valence-corrected chi connectivity index (χ4v) is 1.88. The second-order valence-corrected chi connectivity index (χ2v) is 4.81. The summed E-state index contributed by atoms with van der Waals surface area (Å²) in [5.74, 6) is 1.21. The Morgan fingerprint density at radius 2 is 2.21 bits per heavy atom. The maximum atomic E-state index is 6.23. The minimum atomic E-state index is 0.403. The summed E-state index contributed by atoms with van der Waals surface area (Å²) in [5, 5.41) is 3.98. The first kappa shape index (κ1) is 15.9. The third kappa shape index (κ3) is 4.77. The van der Waals surface area contributed by atoms with Crippen LogP contribution < -0.4 is 14.8 Å². The predicted octanol–water partition coefficient (Wildman–Crippen LogP) is 3.80. The monoisotopic (exact) mass is 283 g/mol. The van der Waals surface area contributed by atoms with Crippen molar-refractivity contribution < 1.29 is 9.47 Å². The molecule has 0 unspecified atom stereocenters. The third-order valence-electron chi connectivity index (χ3n) is 2.90. The van der Waals surface area contributed by atoms with E-state index < -0.39 is 0 Å². The van der Waals surface area contributed by atoms with Gasteiger partial charge in [0.25, 0.3) is 0 Å². The number of rotatable bonds is 8. The smallest absolute Gasteiger partial charge is 0.180 e. The molecule has 0 amide bonds. The Morgan fingerprint density at radius 1 is 1.47 bits per heavy atom. The van der Waals surface area contributed by atoms with Gasteiger partial charge in [-0.1, -0.05) is 31.2 Å². The molecule has 3 nitrogen and oxygen atoms in total. The van der Waals surface area contributed by atoms with Crippen molar-refractivity contribution in [3.63, 3.8) is 0 Å². The van der Waals surface area contributed by atoms with Crippen LogP contribution in [-0.2, 0) is 6.54 Å². The Hall–Kier alpha value is -1.19. The summed E-state index contributed by atoms with van der Waals surface area (Å²) in [6.45, 7) is 9.08. The van der Waals surface area contributed by atoms with E-state index in [0.29, 0.717) is 29.2 Å². The standard InChI is InChI=1S/C15H22ClNO2/c1-5-7-19-15-13(16)8-12(9-14(15)18-4)10-17-11(3)6-2/h5,8-9,11,17H,1,6-7,10H2,2-4H3/t11-/m0/s1. The number of hydrogen-bond donors (Lipinski definition) is 1. The lowest BCUT2D eigenvalue weighted by molar-refractivity contribution is 0.326. The second-order valence-electron chi connectivity index (χ2n) is 4.40. The van der Waals surface area contributed by atoms with Crippen LogP contribution in [0.25, 0.3) is 0 Å². The quantitative estimate of drug-likeness (QED) is 0.736. The van der Waals surface area contributed by atoms with Gasteiger partial charge in [-0.2, -0.15) is 0 Å². The maximum absolute atomic E-state index is 6.23. The summed E-state index contributed by atoms with van der Waals surface area (Å²) in [6.07, 6.45) is 2.76. The van der Waals surface area contributed by atoms with E-state index in [4.69, 9.17) is 21.1 Å². The maximum Gasteiger partial charge on any atom is 0.180 e. The minimum Gasteiger partial charge on any atom is -0.493 e. The SMILES string of the molecule is C=CCOc1c(Cl)cc(CN[C@@H](C)CC)cc1OC. The molecule has 0 radical (unpaired) electrons. The van der Waals surface area contributed by atoms with E-state index in [1.54, 1.807) is 13.2 Å². The minimum absolute atomic E-state index is 0.403. The third-order valence-corrected chi connectivity index (χ3v) is 3.18. The van der Waals surface area contributed by atoms with Crippen LogP contribution in [0, 0.1) is 0 Å². The van der Waals surface area contributed by atoms with Crippen LogP contribution in [0.5, 0.6) is 11.5 Å². The molecule has 0 aliphatic heterocycles. The molecular formula is C15H22ClNO2. The van der Waals surface area contributed by atoms with Crippen LogP contribution in [0.2, 0.25) is 5.02 Å². The van der Waals surface area contributed by atoms with Crippen molar-refractivity contribution in [1.29, 1.82) is 0 Å². The summed E-state index contributed by atoms with van der Waals surface area (Å²) in [5.41, 5.74) is 1.08. The highest BCUT2D eigenvalue weighted by molar-refractivity contribution is 6.32. The number of halogens is 1. The Balaban J connectivity index is 2.85. The summed E-state index contributed by atoms with van der Waals surface area (Å²) in [4.78, 5) is 0. The predicted molar refractivity (Wildman–Crippen MR) is 80.3 cm³/mol. The number of ether oxygens (including phenoxy) is 2. The van der Waals surface area contributed by atoms with Crippen LogP contribution >= 0.6 is 11.6 Å². The fraction of sp³-hybridized carbons (Fsp3) is 0.467. The van der Waals surface area contributed by atoms with E-state index in [2.05, 4.69) is 25.7 Å². The van der Waals surface area contributed by atoms with Crippen molar-refractivity contribution in [3.05, 3.63) is 35.4 Å². The molecule has 1 N–H and O–H groups in total. The number of hydrogen-bond acceptors (Lipinski definition) is 3. The first-order valence-electron chi connectivity index (χ1n) is 6.45. The Morgan fingerprint density at radius 3 is 2.79 bits per heavy atom. The molecule has 0 heterocycles. The molecule has 1 aromatic rings. The van der Waals surface area contributed by atoms with E-state index >= 15 is 0 Å². The highest BCUT2D eigenvalue weighted by Gasteiger charge is 2.12. The van der Waals surface area contributed by atoms with Gasteiger partial charge >= 0.3 is 0 Å². The van der Waals surface area contributed by atoms with Gasteiger partial charge in [0, 0.05) is 12.6 Å². The molecule has 1 rings (SSSR count). The largest absolute Gasteiger partial charge is 0.493 e. The van der Waals surface area contributed by atoms with Crippen molar-refractivity contribution in [1.82, 2.24) is 5.32 Å². The summed E-state index contributed by atoms with van der Waals surface area (Å²) in [6, 6.07) is 4.32. The molecule has 0 fully saturated rings. The molecule has 1 atom stereocenters. The van der Waals surface area contributed by atoms with Crippen LogP contribution in [0.3, 0.4) is 0 Å². The Kier molecular flexibility index (Phi) is 6.74. The molecule has 0 aliphatic carbocycles. The molecule has 0 spiro atoms. The van der Waals surface area contributed by atoms with Crippen molar-refractivity contribution >= 4 is 11.6 Å². The molecule has 0 aromatic heterocycles. The highest BCUT2D eigenvalue weighted by Crippen LogP contribution is 2.36. The molecule has 0 saturated heterocycles. The van der Waals surface area contributed by atoms with Gasteiger partial charge in [-0.15, -0.1) is 0 Å². The molecule has 106 valence electrons. The summed E-state index contributed by atoms with van der Waals surface area (Å²) in [7, 11) is 1.61. The van der Waals surface area contributed by atoms with Gasteiger partial charge in [-0.25, -0.2) is 0 Å². The van der Waals surface area contributed by atoms with E-state index in [1.165, 1.54) is 0 Å². The average molecular weight is 284 g/mol. The lowest BCUT2D eigenvalue weighted by Gasteiger charge is -2.15. The van der Waals surface area contributed by atoms with Gasteiger partial charge in [0.2, 0.25) is 0 Å². The van der Waals surface area contributed by atoms with Crippen molar-refractivity contribution in [2.75, 3.05) is 13.7 Å². The molecule has 1 aromatic carbocycles. The summed E-state index contributed by atoms with van der Waals surface area (Å²) >= 11 is 6.23. The zero-order chi connectivity index (χ0) is 14.3. The average Bonchev–Trinajstić information content (AvgIpc) is 2.42. The van der Waals surface area contributed by atoms with E-state index in [-0.39, 0.29) is 0 Å². The number of benzene rings is 1. The zero-order valence-corrected chi connectivity index (χ0v) is 12.6. The van der Waals surface area contributed by atoms with Gasteiger partial charge < -0.3 is 14.8 Å². The van der Waals surface area contributed by atoms with Gasteiger partial charge in [-0.05, 0) is 31.0 Å². The number of nitrogens with one attached hydrogen (secondary N) is 1. The zero-order valence-electron chi connectivity index (χ0n) is 11.8. The molecule has 4 heteroatoms. The Labute approximate surface area is 120 Å². The van der Waals surface area contributed by atoms with Crippen LogP contribution in [0.1, 0.15) is 25.8 Å². The van der Waals surface area contributed by atoms with Gasteiger partial charge in [0.05, 0.1) is 12.1 Å². The van der Waals surface area contributed by atoms with Crippen molar-refractivity contribution in [2.45, 2.75) is 32.9 Å². The fourth-order valence-electron chi connectivity index (χ4n) is 1.59. The van der Waals surface area contributed by atoms with E-state index in [9.17, 15) is 0 Å². The van der Waals surface area contributed by atoms with E-state index in [1.807, 2.05) is 12.1 Å². The lowest BCUT2D eigenvalue weighted by atomic mass is 10.1. The number of methoxy groups -OCH3 is 1. The lowest BCUT2D eigenvalue weighted by Crippen LogP contribution is -2.24. The summed E-state index contributed by atoms with van der Waals surface area (Å²) < 4.78 is 10.8. The van der Waals surface area contributed by atoms with Crippen LogP contribution in [0.4, 0.5) is 0 Å². The van der Waals surface area contributed by atoms with Gasteiger partial charge in [-0.3, -0.25) is 0 Å². The molecule has 19 heavy (non-hydrogen) atoms. The highest BCUT2D eigenvalue weighted by atomic mass is 35.5. The normalized spacial score (nSPS) is 12.0. The van der Waals surface area contributed by atoms with Gasteiger partial charge in [0.15, 0.2) is 11.5 Å². The molecular weight excluding hydrogens is 262 g/mol. The molecule has 0 bridgehead atoms. The Bertz CT molecular complexity index is 421. The topological polar surface area (TPSA) is 30.5 Å². The van der Waals surface area contributed by atoms with Crippen LogP contribution in [-0.4, -0.2) is 19.8 Å². The molecule has 0 saturated carbocycles. The van der Waals surface area contributed by atoms with E-state index in [0.717, 1.165) is 18.5 Å². The first-order valence-corrected chi connectivity index (χ1v) is 6.83. The first-order chi connectivity index (χ1) is 9.12. The van der Waals surface area contributed by atoms with Crippen molar-refractivity contribution in [3.8, 4) is 11.5 Å². The molecule has 0 aliphatic rings. The van der Waals surface area contributed by atoms with Crippen molar-refractivity contribution in [2.24, 2.45) is 0 Å². The van der Waals surface area contributed by atoms with Gasteiger partial charge in [0.1, 0.15) is 6.61 Å². The van der Waals surface area contributed by atoms with Crippen LogP contribution in [0.15, 0.2) is 24.8 Å². The second kappa shape index (κ2) is 8.08.